The topological polar surface area (TPSA) is 127 Å². The highest BCUT2D eigenvalue weighted by atomic mass is 16.5. The summed E-state index contributed by atoms with van der Waals surface area (Å²) in [7, 11) is 0. The zero-order valence-corrected chi connectivity index (χ0v) is 21.9. The second kappa shape index (κ2) is 10.3. The number of carbonyl (C=O) groups is 1. The number of amides is 1. The molecule has 3 N–H and O–H groups in total. The van der Waals surface area contributed by atoms with Crippen LogP contribution in [0.4, 0.5) is 23.7 Å². The summed E-state index contributed by atoms with van der Waals surface area (Å²) >= 11 is 0. The van der Waals surface area contributed by atoms with E-state index in [1.165, 1.54) is 25.7 Å². The molecular formula is C26H38N10O2. The van der Waals surface area contributed by atoms with Crippen LogP contribution in [-0.4, -0.2) is 100 Å². The maximum absolute atomic E-state index is 13.5. The van der Waals surface area contributed by atoms with E-state index in [-0.39, 0.29) is 18.0 Å². The minimum Gasteiger partial charge on any atom is -0.378 e. The van der Waals surface area contributed by atoms with Crippen molar-refractivity contribution in [2.75, 3.05) is 61.1 Å². The maximum atomic E-state index is 13.5. The molecule has 7 rings (SSSR count). The average molecular weight is 523 g/mol. The normalized spacial score (nSPS) is 26.5. The monoisotopic (exact) mass is 522 g/mol. The third-order valence-electron chi connectivity index (χ3n) is 8.44. The van der Waals surface area contributed by atoms with E-state index in [9.17, 15) is 4.79 Å². The van der Waals surface area contributed by atoms with Gasteiger partial charge in [-0.3, -0.25) is 14.8 Å². The molecule has 1 amide bonds. The van der Waals surface area contributed by atoms with E-state index in [1.807, 2.05) is 6.07 Å². The second-order valence-corrected chi connectivity index (χ2v) is 11.4. The van der Waals surface area contributed by atoms with Crippen LogP contribution in [0, 0.1) is 0 Å². The van der Waals surface area contributed by atoms with Gasteiger partial charge in [0.25, 0.3) is 0 Å². The van der Waals surface area contributed by atoms with Gasteiger partial charge in [-0.15, -0.1) is 0 Å². The van der Waals surface area contributed by atoms with Gasteiger partial charge in [-0.2, -0.15) is 20.1 Å². The highest BCUT2D eigenvalue weighted by molar-refractivity contribution is 5.85. The SMILES string of the molecule is O=C(N[C@@H]1CCCN(C2CC2)C1)C1CCCN1c1nc(Nc2cc(C3CC3)[nH]n2)nc(N2CCOCC2)n1. The number of anilines is 4. The minimum atomic E-state index is -0.272. The van der Waals surface area contributed by atoms with E-state index in [2.05, 4.69) is 35.5 Å². The number of morpholine rings is 1. The summed E-state index contributed by atoms with van der Waals surface area (Å²) < 4.78 is 5.55. The fraction of sp³-hybridized carbons (Fsp3) is 0.731. The van der Waals surface area contributed by atoms with Crippen LogP contribution in [0.2, 0.25) is 0 Å². The minimum absolute atomic E-state index is 0.0920. The van der Waals surface area contributed by atoms with E-state index in [4.69, 9.17) is 19.7 Å². The molecule has 5 heterocycles. The molecule has 1 unspecified atom stereocenters. The standard InChI is InChI=1S/C26H38N10O2/c37-23(27-18-3-1-9-35(16-18)19-7-8-19)21-4-2-10-36(21)26-30-24(28-22-15-20(32-33-22)17-5-6-17)29-25(31-26)34-11-13-38-14-12-34/h15,17-19,21H,1-14,16H2,(H,27,37)(H2,28,29,30,31,32,33)/t18-,21?/m1/s1. The number of likely N-dealkylation sites (tertiary alicyclic amines) is 1. The lowest BCUT2D eigenvalue weighted by molar-refractivity contribution is -0.123. The van der Waals surface area contributed by atoms with Gasteiger partial charge in [-0.05, 0) is 57.9 Å². The number of nitrogens with one attached hydrogen (secondary N) is 3. The number of aromatic amines is 1. The average Bonchev–Trinajstić information content (AvgIpc) is 3.88. The number of ether oxygens (including phenoxy) is 1. The Morgan fingerprint density at radius 2 is 1.76 bits per heavy atom. The summed E-state index contributed by atoms with van der Waals surface area (Å²) in [4.78, 5) is 34.7. The number of aromatic nitrogens is 5. The summed E-state index contributed by atoms with van der Waals surface area (Å²) in [5.41, 5.74) is 1.15. The fourth-order valence-electron chi connectivity index (χ4n) is 6.03. The van der Waals surface area contributed by atoms with Crippen LogP contribution in [0.5, 0.6) is 0 Å². The van der Waals surface area contributed by atoms with E-state index < -0.39 is 0 Å². The molecule has 38 heavy (non-hydrogen) atoms. The van der Waals surface area contributed by atoms with Crippen molar-refractivity contribution in [1.29, 1.82) is 0 Å². The lowest BCUT2D eigenvalue weighted by Crippen LogP contribution is -2.53. The van der Waals surface area contributed by atoms with Crippen LogP contribution in [0.15, 0.2) is 6.07 Å². The fourth-order valence-corrected chi connectivity index (χ4v) is 6.03. The van der Waals surface area contributed by atoms with Gasteiger partial charge in [0.2, 0.25) is 23.8 Å². The van der Waals surface area contributed by atoms with E-state index >= 15 is 0 Å². The highest BCUT2D eigenvalue weighted by Crippen LogP contribution is 2.39. The number of H-pyrrole nitrogens is 1. The van der Waals surface area contributed by atoms with Gasteiger partial charge < -0.3 is 25.2 Å². The predicted molar refractivity (Wildman–Crippen MR) is 143 cm³/mol. The lowest BCUT2D eigenvalue weighted by atomic mass is 10.0. The Kier molecular flexibility index (Phi) is 6.52. The van der Waals surface area contributed by atoms with Crippen molar-refractivity contribution in [3.63, 3.8) is 0 Å². The van der Waals surface area contributed by atoms with Gasteiger partial charge in [0.15, 0.2) is 5.82 Å². The summed E-state index contributed by atoms with van der Waals surface area (Å²) in [6.07, 6.45) is 8.95. The largest absolute Gasteiger partial charge is 0.378 e. The molecule has 2 aromatic rings. The van der Waals surface area contributed by atoms with Gasteiger partial charge in [0.1, 0.15) is 6.04 Å². The Morgan fingerprint density at radius 3 is 2.58 bits per heavy atom. The zero-order chi connectivity index (χ0) is 25.5. The first-order chi connectivity index (χ1) is 18.7. The number of hydrogen-bond donors (Lipinski definition) is 3. The van der Waals surface area contributed by atoms with Crippen LogP contribution < -0.4 is 20.4 Å². The third-order valence-corrected chi connectivity index (χ3v) is 8.44. The summed E-state index contributed by atoms with van der Waals surface area (Å²) in [5.74, 6) is 2.98. The molecule has 0 aromatic carbocycles. The van der Waals surface area contributed by atoms with Crippen LogP contribution >= 0.6 is 0 Å². The van der Waals surface area contributed by atoms with Crippen LogP contribution in [0.25, 0.3) is 0 Å². The number of rotatable bonds is 8. The maximum Gasteiger partial charge on any atom is 0.243 e. The summed E-state index contributed by atoms with van der Waals surface area (Å²) in [6, 6.07) is 2.73. The Labute approximate surface area is 222 Å². The van der Waals surface area contributed by atoms with E-state index in [1.54, 1.807) is 0 Å². The van der Waals surface area contributed by atoms with Crippen molar-refractivity contribution in [1.82, 2.24) is 35.4 Å². The molecular weight excluding hydrogens is 484 g/mol. The van der Waals surface area contributed by atoms with Crippen LogP contribution in [0.3, 0.4) is 0 Å². The van der Waals surface area contributed by atoms with E-state index in [0.29, 0.717) is 42.8 Å². The van der Waals surface area contributed by atoms with E-state index in [0.717, 1.165) is 70.1 Å². The van der Waals surface area contributed by atoms with Crippen LogP contribution in [-0.2, 0) is 9.53 Å². The molecule has 204 valence electrons. The molecule has 0 bridgehead atoms. The summed E-state index contributed by atoms with van der Waals surface area (Å²) in [6.45, 7) is 5.60. The lowest BCUT2D eigenvalue weighted by Gasteiger charge is -2.34. The van der Waals surface area contributed by atoms with Gasteiger partial charge in [-0.1, -0.05) is 0 Å². The molecule has 2 saturated carbocycles. The first-order valence-corrected chi connectivity index (χ1v) is 14.4. The second-order valence-electron chi connectivity index (χ2n) is 11.4. The highest BCUT2D eigenvalue weighted by Gasteiger charge is 2.37. The van der Waals surface area contributed by atoms with Crippen molar-refractivity contribution in [3.05, 3.63) is 11.8 Å². The van der Waals surface area contributed by atoms with Crippen molar-refractivity contribution in [2.24, 2.45) is 0 Å². The Morgan fingerprint density at radius 1 is 0.947 bits per heavy atom. The van der Waals surface area contributed by atoms with Crippen molar-refractivity contribution >= 4 is 29.6 Å². The zero-order valence-electron chi connectivity index (χ0n) is 21.9. The third kappa shape index (κ3) is 5.28. The summed E-state index contributed by atoms with van der Waals surface area (Å²) in [5, 5.41) is 14.2. The number of piperidine rings is 1. The van der Waals surface area contributed by atoms with Crippen molar-refractivity contribution < 1.29 is 9.53 Å². The number of carbonyl (C=O) groups excluding carboxylic acids is 1. The Hall–Kier alpha value is -2.99. The molecule has 5 fully saturated rings. The molecule has 0 spiro atoms. The van der Waals surface area contributed by atoms with Gasteiger partial charge >= 0.3 is 0 Å². The van der Waals surface area contributed by atoms with Gasteiger partial charge in [0, 0.05) is 55.9 Å². The van der Waals surface area contributed by atoms with Crippen molar-refractivity contribution in [2.45, 2.75) is 75.4 Å². The molecule has 2 atom stereocenters. The molecule has 5 aliphatic rings. The molecule has 2 aromatic heterocycles. The molecule has 3 aliphatic heterocycles. The van der Waals surface area contributed by atoms with Crippen LogP contribution in [0.1, 0.15) is 63.0 Å². The number of hydrogen-bond acceptors (Lipinski definition) is 10. The number of nitrogens with zero attached hydrogens (tertiary/aromatic N) is 7. The molecule has 12 nitrogen and oxygen atoms in total. The van der Waals surface area contributed by atoms with Gasteiger partial charge in [0.05, 0.1) is 13.2 Å². The van der Waals surface area contributed by atoms with Crippen molar-refractivity contribution in [3.8, 4) is 0 Å². The molecule has 3 saturated heterocycles. The Balaban J connectivity index is 1.10. The predicted octanol–water partition coefficient (Wildman–Crippen LogP) is 1.76. The first kappa shape index (κ1) is 24.1. The first-order valence-electron chi connectivity index (χ1n) is 14.4. The quantitative estimate of drug-likeness (QED) is 0.472. The molecule has 0 radical (unpaired) electrons. The molecule has 2 aliphatic carbocycles. The molecule has 12 heteroatoms. The Bertz CT molecular complexity index is 1140. The van der Waals surface area contributed by atoms with Gasteiger partial charge in [-0.25, -0.2) is 0 Å². The smallest absolute Gasteiger partial charge is 0.243 e.